The first-order valence-corrected chi connectivity index (χ1v) is 11.2. The number of hydrazone groups is 1. The normalized spacial score (nSPS) is 16.7. The molecular formula is C25H24F3N5S. The van der Waals surface area contributed by atoms with E-state index in [1.54, 1.807) is 12.1 Å². The molecule has 3 N–H and O–H groups in total. The molecule has 9 heteroatoms. The lowest BCUT2D eigenvalue weighted by molar-refractivity contribution is 0.168. The number of piperazine rings is 1. The number of halogens is 3. The van der Waals surface area contributed by atoms with Crippen molar-refractivity contribution in [2.75, 3.05) is 24.5 Å². The quantitative estimate of drug-likeness (QED) is 0.311. The Morgan fingerprint density at radius 3 is 2.47 bits per heavy atom. The zero-order chi connectivity index (χ0) is 24.1. The molecule has 0 saturated carbocycles. The second kappa shape index (κ2) is 10.7. The van der Waals surface area contributed by atoms with Gasteiger partial charge in [0.25, 0.3) is 0 Å². The molecule has 0 bridgehead atoms. The third kappa shape index (κ3) is 5.73. The molecule has 0 aromatic heterocycles. The highest BCUT2D eigenvalue weighted by atomic mass is 32.1. The van der Waals surface area contributed by atoms with Crippen LogP contribution in [0.3, 0.4) is 0 Å². The lowest BCUT2D eigenvalue weighted by Gasteiger charge is -2.43. The Morgan fingerprint density at radius 1 is 1.03 bits per heavy atom. The van der Waals surface area contributed by atoms with E-state index in [0.29, 0.717) is 26.2 Å². The summed E-state index contributed by atoms with van der Waals surface area (Å²) in [6.07, 6.45) is 1.13. The summed E-state index contributed by atoms with van der Waals surface area (Å²) in [6, 6.07) is 18.6. The third-order valence-corrected chi connectivity index (χ3v) is 5.85. The number of nitrogens with one attached hydrogen (secondary N) is 1. The Labute approximate surface area is 201 Å². The number of anilines is 1. The van der Waals surface area contributed by atoms with Gasteiger partial charge in [0.1, 0.15) is 17.5 Å². The number of rotatable bonds is 6. The van der Waals surface area contributed by atoms with Gasteiger partial charge in [-0.2, -0.15) is 5.10 Å². The van der Waals surface area contributed by atoms with Gasteiger partial charge in [0.05, 0.1) is 17.9 Å². The van der Waals surface area contributed by atoms with Gasteiger partial charge in [0.15, 0.2) is 5.11 Å². The van der Waals surface area contributed by atoms with Crippen molar-refractivity contribution in [1.29, 1.82) is 0 Å². The molecule has 3 aromatic rings. The molecule has 0 spiro atoms. The minimum Gasteiger partial charge on any atom is -0.375 e. The van der Waals surface area contributed by atoms with Crippen molar-refractivity contribution in [2.24, 2.45) is 10.8 Å². The Balaban J connectivity index is 1.57. The number of benzene rings is 3. The van der Waals surface area contributed by atoms with Crippen LogP contribution in [0.2, 0.25) is 0 Å². The van der Waals surface area contributed by atoms with Crippen molar-refractivity contribution < 1.29 is 13.2 Å². The van der Waals surface area contributed by atoms with E-state index >= 15 is 4.39 Å². The van der Waals surface area contributed by atoms with Crippen molar-refractivity contribution in [3.05, 3.63) is 101 Å². The zero-order valence-electron chi connectivity index (χ0n) is 18.3. The van der Waals surface area contributed by atoms with Crippen LogP contribution in [0.15, 0.2) is 71.8 Å². The van der Waals surface area contributed by atoms with Gasteiger partial charge in [-0.15, -0.1) is 0 Å². The summed E-state index contributed by atoms with van der Waals surface area (Å²) in [5.41, 5.74) is 9.85. The van der Waals surface area contributed by atoms with Crippen LogP contribution in [-0.4, -0.2) is 35.9 Å². The summed E-state index contributed by atoms with van der Waals surface area (Å²) in [5, 5.41) is 3.63. The Kier molecular flexibility index (Phi) is 7.44. The molecule has 5 nitrogen and oxygen atoms in total. The molecule has 3 aromatic carbocycles. The standard InChI is InChI=1S/C25H24F3N5S/c26-20-8-6-17(7-9-20)15-32-10-11-33(16-24(32)18-4-2-1-3-5-18)23-13-21(27)19(12-22(23)28)14-30-31-25(29)34/h1-9,12-14,24H,10-11,15-16H2,(H3,29,31,34)/t24-/m0/s1. The number of thiocarbonyl (C=S) groups is 1. The van der Waals surface area contributed by atoms with Crippen LogP contribution in [0.4, 0.5) is 18.9 Å². The Hall–Kier alpha value is -3.43. The van der Waals surface area contributed by atoms with Gasteiger partial charge >= 0.3 is 0 Å². The van der Waals surface area contributed by atoms with Crippen molar-refractivity contribution in [1.82, 2.24) is 10.3 Å². The maximum atomic E-state index is 15.0. The number of hydrogen-bond acceptors (Lipinski definition) is 4. The molecule has 1 heterocycles. The molecule has 0 aliphatic carbocycles. The highest BCUT2D eigenvalue weighted by Gasteiger charge is 2.30. The van der Waals surface area contributed by atoms with Crippen LogP contribution in [0.5, 0.6) is 0 Å². The maximum Gasteiger partial charge on any atom is 0.184 e. The monoisotopic (exact) mass is 483 g/mol. The number of nitrogens with two attached hydrogens (primary N) is 1. The van der Waals surface area contributed by atoms with E-state index in [4.69, 9.17) is 5.73 Å². The summed E-state index contributed by atoms with van der Waals surface area (Å²) >= 11 is 4.64. The molecule has 34 heavy (non-hydrogen) atoms. The predicted molar refractivity (Wildman–Crippen MR) is 132 cm³/mol. The molecule has 1 fully saturated rings. The highest BCUT2D eigenvalue weighted by Crippen LogP contribution is 2.32. The van der Waals surface area contributed by atoms with E-state index in [9.17, 15) is 8.78 Å². The minimum absolute atomic E-state index is 0.0143. The average Bonchev–Trinajstić information content (AvgIpc) is 2.83. The molecule has 1 saturated heterocycles. The van der Waals surface area contributed by atoms with Crippen molar-refractivity contribution in [3.63, 3.8) is 0 Å². The Bertz CT molecular complexity index is 1170. The van der Waals surface area contributed by atoms with Gasteiger partial charge < -0.3 is 10.6 Å². The van der Waals surface area contributed by atoms with E-state index in [2.05, 4.69) is 27.6 Å². The molecule has 1 atom stereocenters. The fourth-order valence-corrected chi connectivity index (χ4v) is 4.16. The van der Waals surface area contributed by atoms with E-state index in [-0.39, 0.29) is 28.2 Å². The lowest BCUT2D eigenvalue weighted by atomic mass is 10.0. The summed E-state index contributed by atoms with van der Waals surface area (Å²) in [6.45, 7) is 2.23. The van der Waals surface area contributed by atoms with Crippen LogP contribution in [0.1, 0.15) is 22.7 Å². The van der Waals surface area contributed by atoms with Crippen molar-refractivity contribution in [2.45, 2.75) is 12.6 Å². The molecule has 0 radical (unpaired) electrons. The number of hydrogen-bond donors (Lipinski definition) is 2. The minimum atomic E-state index is -0.602. The Morgan fingerprint density at radius 2 is 1.76 bits per heavy atom. The first kappa shape index (κ1) is 23.7. The first-order valence-electron chi connectivity index (χ1n) is 10.8. The van der Waals surface area contributed by atoms with Crippen molar-refractivity contribution in [3.8, 4) is 0 Å². The summed E-state index contributed by atoms with van der Waals surface area (Å²) in [5.74, 6) is -1.42. The van der Waals surface area contributed by atoms with Crippen LogP contribution in [0, 0.1) is 17.5 Å². The molecule has 176 valence electrons. The summed E-state index contributed by atoms with van der Waals surface area (Å²) < 4.78 is 43.1. The van der Waals surface area contributed by atoms with Crippen LogP contribution in [-0.2, 0) is 6.54 Å². The molecule has 0 unspecified atom stereocenters. The SMILES string of the molecule is NC(=S)NN=Cc1cc(F)c(N2CCN(Cc3ccc(F)cc3)[C@H](c3ccccc3)C2)cc1F. The largest absolute Gasteiger partial charge is 0.375 e. The second-order valence-electron chi connectivity index (χ2n) is 8.03. The molecule has 1 aliphatic rings. The number of nitrogens with zero attached hydrogens (tertiary/aromatic N) is 3. The van der Waals surface area contributed by atoms with Crippen molar-refractivity contribution >= 4 is 29.2 Å². The first-order chi connectivity index (χ1) is 16.4. The van der Waals surface area contributed by atoms with E-state index < -0.39 is 11.6 Å². The van der Waals surface area contributed by atoms with Gasteiger partial charge in [-0.25, -0.2) is 13.2 Å². The molecule has 1 aliphatic heterocycles. The van der Waals surface area contributed by atoms with Crippen LogP contribution < -0.4 is 16.1 Å². The predicted octanol–water partition coefficient (Wildman–Crippen LogP) is 4.33. The molecule has 0 amide bonds. The lowest BCUT2D eigenvalue weighted by Crippen LogP contribution is -2.48. The van der Waals surface area contributed by atoms with Gasteiger partial charge in [0.2, 0.25) is 0 Å². The third-order valence-electron chi connectivity index (χ3n) is 5.76. The summed E-state index contributed by atoms with van der Waals surface area (Å²) in [4.78, 5) is 4.13. The van der Waals surface area contributed by atoms with Gasteiger partial charge in [-0.05, 0) is 41.5 Å². The van der Waals surface area contributed by atoms with Gasteiger partial charge in [0, 0.05) is 37.8 Å². The van der Waals surface area contributed by atoms with Gasteiger partial charge in [-0.3, -0.25) is 10.3 Å². The smallest absolute Gasteiger partial charge is 0.184 e. The van der Waals surface area contributed by atoms with Crippen LogP contribution in [0.25, 0.3) is 0 Å². The zero-order valence-corrected chi connectivity index (χ0v) is 19.1. The summed E-state index contributed by atoms with van der Waals surface area (Å²) in [7, 11) is 0. The maximum absolute atomic E-state index is 15.0. The fraction of sp³-hybridized carbons (Fsp3) is 0.200. The van der Waals surface area contributed by atoms with Crippen LogP contribution >= 0.6 is 12.2 Å². The van der Waals surface area contributed by atoms with E-state index in [1.807, 2.05) is 35.2 Å². The molecule has 4 rings (SSSR count). The molecular weight excluding hydrogens is 459 g/mol. The average molecular weight is 484 g/mol. The van der Waals surface area contributed by atoms with E-state index in [0.717, 1.165) is 23.4 Å². The van der Waals surface area contributed by atoms with E-state index in [1.165, 1.54) is 18.2 Å². The fourth-order valence-electron chi connectivity index (χ4n) is 4.10. The van der Waals surface area contributed by atoms with Gasteiger partial charge in [-0.1, -0.05) is 42.5 Å². The highest BCUT2D eigenvalue weighted by molar-refractivity contribution is 7.80. The topological polar surface area (TPSA) is 56.9 Å². The second-order valence-corrected chi connectivity index (χ2v) is 8.47.